The van der Waals surface area contributed by atoms with Crippen LogP contribution in [0, 0.1) is 5.82 Å². The number of benzene rings is 2. The van der Waals surface area contributed by atoms with Gasteiger partial charge in [0, 0.05) is 28.8 Å². The van der Waals surface area contributed by atoms with Crippen LogP contribution in [-0.4, -0.2) is 29.3 Å². The zero-order valence-electron chi connectivity index (χ0n) is 13.5. The van der Waals surface area contributed by atoms with E-state index in [-0.39, 0.29) is 36.1 Å². The van der Waals surface area contributed by atoms with Crippen LogP contribution >= 0.6 is 0 Å². The van der Waals surface area contributed by atoms with Gasteiger partial charge < -0.3 is 5.32 Å². The maximum atomic E-state index is 13.0. The van der Waals surface area contributed by atoms with E-state index >= 15 is 0 Å². The standard InChI is InChI=1S/C20H17FN2O2/c1-12-15-4-2-3-5-16(15)20(25)23(12)11-19(24)22-18-10-17(18)13-6-8-14(21)9-7-13/h2-9,17-18H,1,10-11H2,(H,22,24)/t17-,18+/m1/s1. The van der Waals surface area contributed by atoms with Gasteiger partial charge in [-0.25, -0.2) is 4.39 Å². The molecule has 1 saturated carbocycles. The average molecular weight is 336 g/mol. The molecule has 1 aliphatic carbocycles. The molecule has 4 rings (SSSR count). The summed E-state index contributed by atoms with van der Waals surface area (Å²) in [5.74, 6) is -0.464. The van der Waals surface area contributed by atoms with Crippen molar-refractivity contribution < 1.29 is 14.0 Å². The Hall–Kier alpha value is -2.95. The Morgan fingerprint density at radius 1 is 1.16 bits per heavy atom. The van der Waals surface area contributed by atoms with Crippen molar-refractivity contribution in [1.29, 1.82) is 0 Å². The first-order valence-electron chi connectivity index (χ1n) is 8.19. The fourth-order valence-electron chi connectivity index (χ4n) is 3.33. The normalized spacial score (nSPS) is 21.2. The van der Waals surface area contributed by atoms with E-state index in [1.165, 1.54) is 17.0 Å². The molecule has 25 heavy (non-hydrogen) atoms. The van der Waals surface area contributed by atoms with Gasteiger partial charge in [0.05, 0.1) is 0 Å². The van der Waals surface area contributed by atoms with Crippen LogP contribution in [0.2, 0.25) is 0 Å². The van der Waals surface area contributed by atoms with Crippen molar-refractivity contribution in [1.82, 2.24) is 10.2 Å². The van der Waals surface area contributed by atoms with E-state index in [0.29, 0.717) is 11.3 Å². The summed E-state index contributed by atoms with van der Waals surface area (Å²) < 4.78 is 13.0. The second kappa shape index (κ2) is 5.84. The lowest BCUT2D eigenvalue weighted by molar-refractivity contribution is -0.121. The highest BCUT2D eigenvalue weighted by molar-refractivity contribution is 6.10. The van der Waals surface area contributed by atoms with Crippen molar-refractivity contribution >= 4 is 17.5 Å². The van der Waals surface area contributed by atoms with Crippen molar-refractivity contribution in [3.8, 4) is 0 Å². The number of halogens is 1. The molecule has 2 aliphatic rings. The molecule has 2 atom stereocenters. The summed E-state index contributed by atoms with van der Waals surface area (Å²) in [5, 5.41) is 2.94. The SMILES string of the molecule is C=C1c2ccccc2C(=O)N1CC(=O)N[C@H]1C[C@@H]1c1ccc(F)cc1. The van der Waals surface area contributed by atoms with Gasteiger partial charge in [-0.05, 0) is 30.2 Å². The Morgan fingerprint density at radius 3 is 2.52 bits per heavy atom. The number of hydrogen-bond donors (Lipinski definition) is 1. The number of carbonyl (C=O) groups excluding carboxylic acids is 2. The third-order valence-electron chi connectivity index (χ3n) is 4.78. The van der Waals surface area contributed by atoms with Crippen LogP contribution < -0.4 is 5.32 Å². The van der Waals surface area contributed by atoms with E-state index in [0.717, 1.165) is 17.5 Å². The van der Waals surface area contributed by atoms with Gasteiger partial charge in [0.25, 0.3) is 5.91 Å². The average Bonchev–Trinajstić information content (AvgIpc) is 3.33. The minimum Gasteiger partial charge on any atom is -0.351 e. The molecule has 0 bridgehead atoms. The zero-order valence-corrected chi connectivity index (χ0v) is 13.5. The molecule has 0 spiro atoms. The first-order chi connectivity index (χ1) is 12.0. The van der Waals surface area contributed by atoms with Crippen LogP contribution in [0.5, 0.6) is 0 Å². The molecule has 2 aromatic rings. The smallest absolute Gasteiger partial charge is 0.259 e. The Labute approximate surface area is 145 Å². The number of rotatable bonds is 4. The number of nitrogens with one attached hydrogen (secondary N) is 1. The topological polar surface area (TPSA) is 49.4 Å². The summed E-state index contributed by atoms with van der Waals surface area (Å²) in [6.07, 6.45) is 0.826. The number of nitrogens with zero attached hydrogens (tertiary/aromatic N) is 1. The summed E-state index contributed by atoms with van der Waals surface area (Å²) in [7, 11) is 0. The molecule has 0 aromatic heterocycles. The highest BCUT2D eigenvalue weighted by Crippen LogP contribution is 2.40. The minimum absolute atomic E-state index is 0.0336. The van der Waals surface area contributed by atoms with Crippen molar-refractivity contribution in [2.24, 2.45) is 0 Å². The molecule has 1 fully saturated rings. The summed E-state index contributed by atoms with van der Waals surface area (Å²) >= 11 is 0. The van der Waals surface area contributed by atoms with Crippen LogP contribution in [0.25, 0.3) is 5.70 Å². The number of hydrogen-bond acceptors (Lipinski definition) is 2. The monoisotopic (exact) mass is 336 g/mol. The van der Waals surface area contributed by atoms with Gasteiger partial charge in [-0.3, -0.25) is 14.5 Å². The molecule has 1 heterocycles. The van der Waals surface area contributed by atoms with E-state index in [4.69, 9.17) is 0 Å². The molecule has 4 nitrogen and oxygen atoms in total. The molecular formula is C20H17FN2O2. The van der Waals surface area contributed by atoms with Gasteiger partial charge in [0.1, 0.15) is 12.4 Å². The molecule has 5 heteroatoms. The first-order valence-corrected chi connectivity index (χ1v) is 8.19. The fraction of sp³-hybridized carbons (Fsp3) is 0.200. The van der Waals surface area contributed by atoms with Crippen LogP contribution in [0.15, 0.2) is 55.1 Å². The van der Waals surface area contributed by atoms with E-state index in [1.54, 1.807) is 24.3 Å². The lowest BCUT2D eigenvalue weighted by Crippen LogP contribution is -2.38. The maximum absolute atomic E-state index is 13.0. The zero-order chi connectivity index (χ0) is 17.6. The Bertz CT molecular complexity index is 841. The van der Waals surface area contributed by atoms with Gasteiger partial charge >= 0.3 is 0 Å². The molecule has 126 valence electrons. The molecule has 1 aliphatic heterocycles. The molecule has 2 aromatic carbocycles. The third-order valence-corrected chi connectivity index (χ3v) is 4.78. The second-order valence-electron chi connectivity index (χ2n) is 6.45. The molecule has 2 amide bonds. The predicted molar refractivity (Wildman–Crippen MR) is 92.2 cm³/mol. The number of fused-ring (bicyclic) bond motifs is 1. The van der Waals surface area contributed by atoms with Crippen LogP contribution in [-0.2, 0) is 4.79 Å². The second-order valence-corrected chi connectivity index (χ2v) is 6.45. The van der Waals surface area contributed by atoms with E-state index in [1.807, 2.05) is 12.1 Å². The van der Waals surface area contributed by atoms with Gasteiger partial charge in [-0.15, -0.1) is 0 Å². The van der Waals surface area contributed by atoms with Crippen molar-refractivity contribution in [3.63, 3.8) is 0 Å². The molecule has 0 radical (unpaired) electrons. The van der Waals surface area contributed by atoms with E-state index < -0.39 is 0 Å². The van der Waals surface area contributed by atoms with Gasteiger partial charge in [-0.2, -0.15) is 0 Å². The summed E-state index contributed by atoms with van der Waals surface area (Å²) in [4.78, 5) is 26.1. The van der Waals surface area contributed by atoms with Crippen LogP contribution in [0.1, 0.15) is 33.8 Å². The first kappa shape index (κ1) is 15.6. The van der Waals surface area contributed by atoms with Crippen molar-refractivity contribution in [3.05, 3.63) is 77.6 Å². The van der Waals surface area contributed by atoms with Crippen LogP contribution in [0.3, 0.4) is 0 Å². The third kappa shape index (κ3) is 2.82. The van der Waals surface area contributed by atoms with Gasteiger partial charge in [0.2, 0.25) is 5.91 Å². The molecule has 0 unspecified atom stereocenters. The summed E-state index contributed by atoms with van der Waals surface area (Å²) in [6, 6.07) is 13.6. The van der Waals surface area contributed by atoms with E-state index in [2.05, 4.69) is 11.9 Å². The summed E-state index contributed by atoms with van der Waals surface area (Å²) in [6.45, 7) is 3.89. The van der Waals surface area contributed by atoms with Crippen LogP contribution in [0.4, 0.5) is 4.39 Å². The number of carbonyl (C=O) groups is 2. The van der Waals surface area contributed by atoms with E-state index in [9.17, 15) is 14.0 Å². The fourth-order valence-corrected chi connectivity index (χ4v) is 3.33. The lowest BCUT2D eigenvalue weighted by atomic mass is 10.1. The lowest BCUT2D eigenvalue weighted by Gasteiger charge is -2.17. The quantitative estimate of drug-likeness (QED) is 0.933. The van der Waals surface area contributed by atoms with Gasteiger partial charge in [0.15, 0.2) is 0 Å². The molecule has 0 saturated heterocycles. The highest BCUT2D eigenvalue weighted by Gasteiger charge is 2.40. The predicted octanol–water partition coefficient (Wildman–Crippen LogP) is 2.92. The van der Waals surface area contributed by atoms with Gasteiger partial charge in [-0.1, -0.05) is 36.9 Å². The Morgan fingerprint density at radius 2 is 1.84 bits per heavy atom. The highest BCUT2D eigenvalue weighted by atomic mass is 19.1. The van der Waals surface area contributed by atoms with Crippen molar-refractivity contribution in [2.45, 2.75) is 18.4 Å². The largest absolute Gasteiger partial charge is 0.351 e. The molecular weight excluding hydrogens is 319 g/mol. The summed E-state index contributed by atoms with van der Waals surface area (Å²) in [5.41, 5.74) is 2.93. The maximum Gasteiger partial charge on any atom is 0.259 e. The Balaban J connectivity index is 1.37. The minimum atomic E-state index is -0.268. The van der Waals surface area contributed by atoms with Crippen molar-refractivity contribution in [2.75, 3.05) is 6.54 Å². The Kier molecular flexibility index (Phi) is 3.64. The number of amides is 2. The molecule has 1 N–H and O–H groups in total.